The highest BCUT2D eigenvalue weighted by Gasteiger charge is 2.28. The van der Waals surface area contributed by atoms with Gasteiger partial charge in [0.2, 0.25) is 5.91 Å². The number of rotatable bonds is 10. The molecule has 1 N–H and O–H groups in total. The highest BCUT2D eigenvalue weighted by Crippen LogP contribution is 2.37. The zero-order chi connectivity index (χ0) is 27.4. The summed E-state index contributed by atoms with van der Waals surface area (Å²) >= 11 is 3.91. The maximum absolute atomic E-state index is 13.0. The van der Waals surface area contributed by atoms with E-state index in [0.29, 0.717) is 10.7 Å². The molecule has 0 fully saturated rings. The van der Waals surface area contributed by atoms with Gasteiger partial charge in [-0.15, -0.1) is 32.9 Å². The van der Waals surface area contributed by atoms with E-state index in [2.05, 4.69) is 33.0 Å². The quantitative estimate of drug-likeness (QED) is 0.177. The summed E-state index contributed by atoms with van der Waals surface area (Å²) in [5, 5.41) is 15.7. The number of fused-ring (bicyclic) bond motifs is 1. The van der Waals surface area contributed by atoms with Crippen LogP contribution in [0.2, 0.25) is 0 Å². The first-order valence-electron chi connectivity index (χ1n) is 12.1. The van der Waals surface area contributed by atoms with E-state index in [1.54, 1.807) is 32.1 Å². The fraction of sp³-hybridized carbons (Fsp3) is 0.346. The van der Waals surface area contributed by atoms with E-state index >= 15 is 0 Å². The Balaban J connectivity index is 1.56. The molecule has 9 nitrogen and oxygen atoms in total. The molecule has 0 spiro atoms. The van der Waals surface area contributed by atoms with Crippen LogP contribution in [-0.2, 0) is 14.3 Å². The fourth-order valence-corrected chi connectivity index (χ4v) is 6.82. The monoisotopic (exact) mass is 572 g/mol. The van der Waals surface area contributed by atoms with Gasteiger partial charge in [0.05, 0.1) is 24.5 Å². The zero-order valence-electron chi connectivity index (χ0n) is 21.7. The lowest BCUT2D eigenvalue weighted by molar-refractivity contribution is -0.113. The number of nitrogens with zero attached hydrogens (tertiary/aromatic N) is 3. The largest absolute Gasteiger partial charge is 0.462 e. The van der Waals surface area contributed by atoms with Crippen molar-refractivity contribution in [3.05, 3.63) is 45.6 Å². The van der Waals surface area contributed by atoms with E-state index in [4.69, 9.17) is 9.47 Å². The molecule has 12 heteroatoms. The molecule has 4 rings (SSSR count). The molecule has 0 bridgehead atoms. The zero-order valence-corrected chi connectivity index (χ0v) is 24.1. The summed E-state index contributed by atoms with van der Waals surface area (Å²) in [5.74, 6) is -0.722. The third kappa shape index (κ3) is 5.62. The molecule has 38 heavy (non-hydrogen) atoms. The molecule has 3 heterocycles. The summed E-state index contributed by atoms with van der Waals surface area (Å²) in [7, 11) is 0. The fourth-order valence-electron chi connectivity index (χ4n) is 3.91. The van der Waals surface area contributed by atoms with E-state index in [1.807, 2.05) is 30.5 Å². The van der Waals surface area contributed by atoms with Gasteiger partial charge in [-0.3, -0.25) is 9.36 Å². The number of thiophene rings is 2. The summed E-state index contributed by atoms with van der Waals surface area (Å²) in [6.07, 6.45) is 0. The standard InChI is InChI=1S/C26H28N4O5S3/c1-6-34-24(32)20-15(5)21(25(33)35-7-2)38-23(20)27-19(31)13-37-26-29-28-22(30(26)14(3)4)17-12-36-18-11-9-8-10-16(17)18/h8-12,14H,6-7,13H2,1-5H3,(H,27,31). The van der Waals surface area contributed by atoms with E-state index in [1.165, 1.54) is 16.5 Å². The van der Waals surface area contributed by atoms with Crippen molar-refractivity contribution in [3.8, 4) is 11.4 Å². The van der Waals surface area contributed by atoms with E-state index < -0.39 is 11.9 Å². The molecule has 1 amide bonds. The highest BCUT2D eigenvalue weighted by molar-refractivity contribution is 7.99. The Labute approximate surface area is 232 Å². The van der Waals surface area contributed by atoms with Gasteiger partial charge in [0, 0.05) is 27.1 Å². The smallest absolute Gasteiger partial charge is 0.348 e. The summed E-state index contributed by atoms with van der Waals surface area (Å²) in [5.41, 5.74) is 1.58. The molecule has 0 radical (unpaired) electrons. The number of anilines is 1. The number of aromatic nitrogens is 3. The summed E-state index contributed by atoms with van der Waals surface area (Å²) in [4.78, 5) is 38.2. The van der Waals surface area contributed by atoms with Crippen molar-refractivity contribution in [1.29, 1.82) is 0 Å². The number of nitrogens with one attached hydrogen (secondary N) is 1. The van der Waals surface area contributed by atoms with Gasteiger partial charge in [0.15, 0.2) is 11.0 Å². The summed E-state index contributed by atoms with van der Waals surface area (Å²) in [6.45, 7) is 9.49. The second kappa shape index (κ2) is 12.1. The maximum Gasteiger partial charge on any atom is 0.348 e. The first kappa shape index (κ1) is 27.8. The van der Waals surface area contributed by atoms with Crippen LogP contribution in [-0.4, -0.2) is 51.6 Å². The molecule has 0 aliphatic carbocycles. The predicted octanol–water partition coefficient (Wildman–Crippen LogP) is 6.19. The van der Waals surface area contributed by atoms with Crippen LogP contribution >= 0.6 is 34.4 Å². The third-order valence-electron chi connectivity index (χ3n) is 5.58. The van der Waals surface area contributed by atoms with Crippen LogP contribution < -0.4 is 5.32 Å². The SMILES string of the molecule is CCOC(=O)c1sc(NC(=O)CSc2nnc(-c3csc4ccccc34)n2C(C)C)c(C(=O)OCC)c1C. The molecular formula is C26H28N4O5S3. The van der Waals surface area contributed by atoms with Crippen LogP contribution in [0.4, 0.5) is 5.00 Å². The average Bonchev–Trinajstić information content (AvgIpc) is 3.58. The number of ether oxygens (including phenoxy) is 2. The van der Waals surface area contributed by atoms with Gasteiger partial charge in [-0.25, -0.2) is 9.59 Å². The van der Waals surface area contributed by atoms with Crippen molar-refractivity contribution in [2.45, 2.75) is 45.8 Å². The number of carbonyl (C=O) groups is 3. The first-order chi connectivity index (χ1) is 18.3. The van der Waals surface area contributed by atoms with Crippen molar-refractivity contribution in [2.24, 2.45) is 0 Å². The molecule has 200 valence electrons. The maximum atomic E-state index is 13.0. The Bertz CT molecular complexity index is 1490. The number of thioether (sulfide) groups is 1. The molecule has 0 aliphatic rings. The molecule has 3 aromatic heterocycles. The Morgan fingerprint density at radius 3 is 2.50 bits per heavy atom. The van der Waals surface area contributed by atoms with Crippen molar-refractivity contribution in [3.63, 3.8) is 0 Å². The lowest BCUT2D eigenvalue weighted by Gasteiger charge is -2.13. The van der Waals surface area contributed by atoms with Crippen LogP contribution in [0, 0.1) is 6.92 Å². The number of esters is 2. The lowest BCUT2D eigenvalue weighted by Crippen LogP contribution is -2.17. The van der Waals surface area contributed by atoms with Gasteiger partial charge in [0.25, 0.3) is 0 Å². The molecule has 0 unspecified atom stereocenters. The average molecular weight is 573 g/mol. The Morgan fingerprint density at radius 2 is 1.79 bits per heavy atom. The van der Waals surface area contributed by atoms with Gasteiger partial charge >= 0.3 is 11.9 Å². The van der Waals surface area contributed by atoms with Crippen LogP contribution in [0.25, 0.3) is 21.5 Å². The first-order valence-corrected chi connectivity index (χ1v) is 14.8. The minimum Gasteiger partial charge on any atom is -0.462 e. The van der Waals surface area contributed by atoms with Crippen LogP contribution in [0.15, 0.2) is 34.8 Å². The van der Waals surface area contributed by atoms with Crippen LogP contribution in [0.1, 0.15) is 59.3 Å². The highest BCUT2D eigenvalue weighted by atomic mass is 32.2. The van der Waals surface area contributed by atoms with Gasteiger partial charge in [-0.05, 0) is 46.2 Å². The third-order valence-corrected chi connectivity index (χ3v) is 8.67. The van der Waals surface area contributed by atoms with Crippen molar-refractivity contribution >= 4 is 67.4 Å². The number of carbonyl (C=O) groups excluding carboxylic acids is 3. The molecule has 0 saturated carbocycles. The number of hydrogen-bond donors (Lipinski definition) is 1. The molecule has 4 aromatic rings. The Morgan fingerprint density at radius 1 is 1.08 bits per heavy atom. The van der Waals surface area contributed by atoms with E-state index in [9.17, 15) is 14.4 Å². The second-order valence-electron chi connectivity index (χ2n) is 8.45. The van der Waals surface area contributed by atoms with Gasteiger partial charge in [0.1, 0.15) is 9.88 Å². The topological polar surface area (TPSA) is 112 Å². The van der Waals surface area contributed by atoms with Crippen molar-refractivity contribution < 1.29 is 23.9 Å². The normalized spacial score (nSPS) is 11.2. The number of benzene rings is 1. The molecule has 1 aromatic carbocycles. The summed E-state index contributed by atoms with van der Waals surface area (Å²) < 4.78 is 13.5. The van der Waals surface area contributed by atoms with Crippen LogP contribution in [0.5, 0.6) is 0 Å². The van der Waals surface area contributed by atoms with Crippen LogP contribution in [0.3, 0.4) is 0 Å². The minimum atomic E-state index is -0.605. The lowest BCUT2D eigenvalue weighted by atomic mass is 10.1. The van der Waals surface area contributed by atoms with Gasteiger partial charge in [-0.1, -0.05) is 30.0 Å². The molecular weight excluding hydrogens is 545 g/mol. The summed E-state index contributed by atoms with van der Waals surface area (Å²) in [6, 6.07) is 8.21. The second-order valence-corrected chi connectivity index (χ2v) is 11.3. The predicted molar refractivity (Wildman–Crippen MR) is 152 cm³/mol. The van der Waals surface area contributed by atoms with Crippen molar-refractivity contribution in [2.75, 3.05) is 24.3 Å². The van der Waals surface area contributed by atoms with E-state index in [-0.39, 0.29) is 46.4 Å². The molecule has 0 aliphatic heterocycles. The van der Waals surface area contributed by atoms with E-state index in [0.717, 1.165) is 28.1 Å². The number of hydrogen-bond acceptors (Lipinski definition) is 10. The van der Waals surface area contributed by atoms with Gasteiger partial charge < -0.3 is 14.8 Å². The molecule has 0 atom stereocenters. The Kier molecular flexibility index (Phi) is 8.85. The number of amides is 1. The van der Waals surface area contributed by atoms with Crippen molar-refractivity contribution in [1.82, 2.24) is 14.8 Å². The van der Waals surface area contributed by atoms with Gasteiger partial charge in [-0.2, -0.15) is 0 Å². The Hall–Kier alpha value is -3.22. The minimum absolute atomic E-state index is 0.0309. The molecule has 0 saturated heterocycles.